The van der Waals surface area contributed by atoms with Crippen molar-refractivity contribution < 1.29 is 13.2 Å². The quantitative estimate of drug-likeness (QED) is 0.795. The van der Waals surface area contributed by atoms with Gasteiger partial charge in [0, 0.05) is 37.6 Å². The molecule has 0 bridgehead atoms. The Morgan fingerprint density at radius 3 is 2.38 bits per heavy atom. The third kappa shape index (κ3) is 4.97. The predicted molar refractivity (Wildman–Crippen MR) is 97.3 cm³/mol. The van der Waals surface area contributed by atoms with E-state index in [0.29, 0.717) is 37.5 Å². The van der Waals surface area contributed by atoms with Crippen molar-refractivity contribution >= 4 is 51.5 Å². The van der Waals surface area contributed by atoms with Gasteiger partial charge in [-0.1, -0.05) is 23.2 Å². The summed E-state index contributed by atoms with van der Waals surface area (Å²) in [4.78, 5) is 13.6. The Morgan fingerprint density at radius 2 is 1.79 bits per heavy atom. The van der Waals surface area contributed by atoms with Gasteiger partial charge >= 0.3 is 0 Å². The van der Waals surface area contributed by atoms with Gasteiger partial charge in [0.15, 0.2) is 0 Å². The number of carbonyl (C=O) groups is 1. The maximum atomic E-state index is 12.7. The van der Waals surface area contributed by atoms with Gasteiger partial charge in [-0.2, -0.15) is 4.31 Å². The highest BCUT2D eigenvalue weighted by atomic mass is 35.5. The highest BCUT2D eigenvalue weighted by Crippen LogP contribution is 2.28. The zero-order valence-corrected chi connectivity index (χ0v) is 16.1. The van der Waals surface area contributed by atoms with Gasteiger partial charge in [-0.15, -0.1) is 12.4 Å². The summed E-state index contributed by atoms with van der Waals surface area (Å²) in [7, 11) is -3.72. The molecule has 0 saturated carbocycles. The zero-order valence-electron chi connectivity index (χ0n) is 13.0. The SMILES string of the molecule is Cl.NCCCC(=O)N1CCN(S(=O)(=O)c2cc(Cl)ccc2Cl)CC1. The molecule has 136 valence electrons. The van der Waals surface area contributed by atoms with Crippen LogP contribution in [0.2, 0.25) is 10.0 Å². The van der Waals surface area contributed by atoms with E-state index in [4.69, 9.17) is 28.9 Å². The number of amides is 1. The second-order valence-corrected chi connectivity index (χ2v) is 8.00. The first-order valence-electron chi connectivity index (χ1n) is 7.29. The molecule has 0 atom stereocenters. The molecule has 1 amide bonds. The Hall–Kier alpha value is -0.570. The second-order valence-electron chi connectivity index (χ2n) is 5.25. The smallest absolute Gasteiger partial charge is 0.244 e. The highest BCUT2D eigenvalue weighted by Gasteiger charge is 2.31. The van der Waals surface area contributed by atoms with Crippen LogP contribution in [-0.4, -0.2) is 56.3 Å². The predicted octanol–water partition coefficient (Wildman–Crippen LogP) is 1.99. The minimum absolute atomic E-state index is 0. The minimum Gasteiger partial charge on any atom is -0.340 e. The Labute approximate surface area is 158 Å². The van der Waals surface area contributed by atoms with Crippen molar-refractivity contribution in [3.05, 3.63) is 28.2 Å². The summed E-state index contributed by atoms with van der Waals surface area (Å²) in [5, 5.41) is 0.444. The first-order chi connectivity index (χ1) is 10.9. The van der Waals surface area contributed by atoms with Gasteiger partial charge in [0.25, 0.3) is 0 Å². The van der Waals surface area contributed by atoms with Crippen LogP contribution in [0.4, 0.5) is 0 Å². The van der Waals surface area contributed by atoms with E-state index in [1.54, 1.807) is 4.90 Å². The van der Waals surface area contributed by atoms with Crippen molar-refractivity contribution in [1.29, 1.82) is 0 Å². The summed E-state index contributed by atoms with van der Waals surface area (Å²) in [6.07, 6.45) is 1.03. The summed E-state index contributed by atoms with van der Waals surface area (Å²) in [6, 6.07) is 4.35. The lowest BCUT2D eigenvalue weighted by Gasteiger charge is -2.34. The van der Waals surface area contributed by atoms with Crippen LogP contribution in [0.5, 0.6) is 0 Å². The van der Waals surface area contributed by atoms with Crippen LogP contribution in [0.1, 0.15) is 12.8 Å². The Bertz CT molecular complexity index is 677. The summed E-state index contributed by atoms with van der Waals surface area (Å²) >= 11 is 11.9. The van der Waals surface area contributed by atoms with E-state index < -0.39 is 10.0 Å². The van der Waals surface area contributed by atoms with Crippen LogP contribution in [0.25, 0.3) is 0 Å². The number of carbonyl (C=O) groups excluding carboxylic acids is 1. The Balaban J connectivity index is 0.00000288. The first kappa shape index (κ1) is 21.5. The maximum absolute atomic E-state index is 12.7. The molecule has 0 aliphatic carbocycles. The van der Waals surface area contributed by atoms with Crippen LogP contribution >= 0.6 is 35.6 Å². The van der Waals surface area contributed by atoms with E-state index in [2.05, 4.69) is 0 Å². The van der Waals surface area contributed by atoms with Crippen molar-refractivity contribution in [2.75, 3.05) is 32.7 Å². The molecule has 1 aliphatic rings. The molecule has 0 spiro atoms. The van der Waals surface area contributed by atoms with E-state index in [1.165, 1.54) is 22.5 Å². The van der Waals surface area contributed by atoms with E-state index >= 15 is 0 Å². The fourth-order valence-corrected chi connectivity index (χ4v) is 4.56. The van der Waals surface area contributed by atoms with E-state index in [-0.39, 0.29) is 41.3 Å². The number of benzene rings is 1. The molecular formula is C14H20Cl3N3O3S. The zero-order chi connectivity index (χ0) is 17.0. The van der Waals surface area contributed by atoms with Gasteiger partial charge in [0.1, 0.15) is 4.90 Å². The lowest BCUT2D eigenvalue weighted by molar-refractivity contribution is -0.132. The molecule has 1 aromatic rings. The van der Waals surface area contributed by atoms with Crippen LogP contribution in [0.3, 0.4) is 0 Å². The van der Waals surface area contributed by atoms with Gasteiger partial charge < -0.3 is 10.6 Å². The first-order valence-corrected chi connectivity index (χ1v) is 9.49. The molecule has 1 fully saturated rings. The van der Waals surface area contributed by atoms with Crippen LogP contribution in [0, 0.1) is 0 Å². The largest absolute Gasteiger partial charge is 0.340 e. The van der Waals surface area contributed by atoms with Gasteiger partial charge in [-0.3, -0.25) is 4.79 Å². The molecule has 0 unspecified atom stereocenters. The second kappa shape index (κ2) is 9.22. The summed E-state index contributed by atoms with van der Waals surface area (Å²) in [6.45, 7) is 1.66. The summed E-state index contributed by atoms with van der Waals surface area (Å²) < 4.78 is 26.7. The molecule has 0 aromatic heterocycles. The molecule has 2 N–H and O–H groups in total. The highest BCUT2D eigenvalue weighted by molar-refractivity contribution is 7.89. The molecule has 10 heteroatoms. The summed E-state index contributed by atoms with van der Waals surface area (Å²) in [5.41, 5.74) is 5.39. The van der Waals surface area contributed by atoms with Gasteiger partial charge in [-0.05, 0) is 31.2 Å². The van der Waals surface area contributed by atoms with Crippen LogP contribution < -0.4 is 5.73 Å². The molecule has 0 radical (unpaired) electrons. The lowest BCUT2D eigenvalue weighted by atomic mass is 10.2. The number of piperazine rings is 1. The molecule has 1 aliphatic heterocycles. The van der Waals surface area contributed by atoms with Gasteiger partial charge in [-0.25, -0.2) is 8.42 Å². The number of hydrogen-bond acceptors (Lipinski definition) is 4. The Morgan fingerprint density at radius 1 is 1.17 bits per heavy atom. The van der Waals surface area contributed by atoms with Crippen molar-refractivity contribution in [1.82, 2.24) is 9.21 Å². The van der Waals surface area contributed by atoms with E-state index in [0.717, 1.165) is 0 Å². The molecule has 1 heterocycles. The molecule has 24 heavy (non-hydrogen) atoms. The standard InChI is InChI=1S/C14H19Cl2N3O3S.ClH/c15-11-3-4-12(16)13(10-11)23(21,22)19-8-6-18(7-9-19)14(20)2-1-5-17;/h3-4,10H,1-2,5-9,17H2;1H. The van der Waals surface area contributed by atoms with E-state index in [1.807, 2.05) is 0 Å². The number of rotatable bonds is 5. The molecule has 1 saturated heterocycles. The van der Waals surface area contributed by atoms with Crippen molar-refractivity contribution in [2.24, 2.45) is 5.73 Å². The normalized spacial score (nSPS) is 15.9. The van der Waals surface area contributed by atoms with Crippen molar-refractivity contribution in [2.45, 2.75) is 17.7 Å². The topological polar surface area (TPSA) is 83.7 Å². The van der Waals surface area contributed by atoms with Crippen molar-refractivity contribution in [3.8, 4) is 0 Å². The fourth-order valence-electron chi connectivity index (χ4n) is 2.40. The minimum atomic E-state index is -3.72. The molecular weight excluding hydrogens is 397 g/mol. The van der Waals surface area contributed by atoms with Crippen LogP contribution in [-0.2, 0) is 14.8 Å². The molecule has 6 nitrogen and oxygen atoms in total. The molecule has 2 rings (SSSR count). The lowest BCUT2D eigenvalue weighted by Crippen LogP contribution is -2.50. The average Bonchev–Trinajstić information content (AvgIpc) is 2.54. The van der Waals surface area contributed by atoms with Crippen molar-refractivity contribution in [3.63, 3.8) is 0 Å². The fraction of sp³-hybridized carbons (Fsp3) is 0.500. The third-order valence-corrected chi connectivity index (χ3v) is 6.31. The number of hydrogen-bond donors (Lipinski definition) is 1. The maximum Gasteiger partial charge on any atom is 0.244 e. The number of sulfonamides is 1. The van der Waals surface area contributed by atoms with E-state index in [9.17, 15) is 13.2 Å². The van der Waals surface area contributed by atoms with Gasteiger partial charge in [0.05, 0.1) is 5.02 Å². The molecule has 1 aromatic carbocycles. The number of nitrogens with zero attached hydrogens (tertiary/aromatic N) is 2. The average molecular weight is 417 g/mol. The monoisotopic (exact) mass is 415 g/mol. The number of nitrogens with two attached hydrogens (primary N) is 1. The number of halogens is 3. The van der Waals surface area contributed by atoms with Gasteiger partial charge in [0.2, 0.25) is 15.9 Å². The Kier molecular flexibility index (Phi) is 8.25. The third-order valence-electron chi connectivity index (χ3n) is 3.70. The summed E-state index contributed by atoms with van der Waals surface area (Å²) in [5.74, 6) is 0.00767. The van der Waals surface area contributed by atoms with Crippen LogP contribution in [0.15, 0.2) is 23.1 Å².